The van der Waals surface area contributed by atoms with Crippen LogP contribution in [0, 0.1) is 11.0 Å². The molecule has 0 spiro atoms. The van der Waals surface area contributed by atoms with Gasteiger partial charge in [0.05, 0.1) is 0 Å². The van der Waals surface area contributed by atoms with E-state index in [-0.39, 0.29) is 5.41 Å². The molecule has 2 radical (unpaired) electrons. The third kappa shape index (κ3) is 17.0. The third-order valence-electron chi connectivity index (χ3n) is 9.99. The molecule has 0 bridgehead atoms. The van der Waals surface area contributed by atoms with Crippen molar-refractivity contribution in [2.75, 3.05) is 11.5 Å². The first-order chi connectivity index (χ1) is 22.7. The maximum absolute atomic E-state index is 5.52. The molecule has 4 heteroatoms. The first kappa shape index (κ1) is 42.0. The molecule has 0 nitrogen and oxygen atoms in total. The van der Waals surface area contributed by atoms with E-state index in [1.165, 1.54) is 151 Å². The molecule has 2 aromatic rings. The lowest BCUT2D eigenvalue weighted by Gasteiger charge is -2.46. The van der Waals surface area contributed by atoms with Crippen LogP contribution >= 0.6 is 50.5 Å². The van der Waals surface area contributed by atoms with Gasteiger partial charge in [-0.15, -0.1) is 0 Å². The summed E-state index contributed by atoms with van der Waals surface area (Å²) in [6.45, 7) is 0. The predicted octanol–water partition coefficient (Wildman–Crippen LogP) is 14.5. The van der Waals surface area contributed by atoms with Gasteiger partial charge in [0.2, 0.25) is 0 Å². The minimum atomic E-state index is -0.0808. The van der Waals surface area contributed by atoms with Gasteiger partial charge in [-0.05, 0) is 67.1 Å². The summed E-state index contributed by atoms with van der Waals surface area (Å²) < 4.78 is 0. The number of benzene rings is 2. The number of hydrogen-bond donors (Lipinski definition) is 4. The SMILES string of the molecule is S[CH]CCC(c1ccccc1)C(CCCCCCCCCCCCS)([C](S)CCCCCCCCCCCCS)c1ccccc1. The van der Waals surface area contributed by atoms with E-state index in [9.17, 15) is 0 Å². The summed E-state index contributed by atoms with van der Waals surface area (Å²) in [5, 5.41) is 1.40. The highest BCUT2D eigenvalue weighted by Gasteiger charge is 2.45. The molecular weight excluding hydrogens is 633 g/mol. The number of hydrogen-bond acceptors (Lipinski definition) is 4. The van der Waals surface area contributed by atoms with Crippen molar-refractivity contribution < 1.29 is 0 Å². The second-order valence-corrected chi connectivity index (χ2v) is 15.3. The average molecular weight is 701 g/mol. The Labute approximate surface area is 308 Å². The average Bonchev–Trinajstić information content (AvgIpc) is 3.09. The molecule has 0 fully saturated rings. The van der Waals surface area contributed by atoms with Gasteiger partial charge in [-0.1, -0.05) is 176 Å². The highest BCUT2D eigenvalue weighted by Crippen LogP contribution is 2.54. The summed E-state index contributed by atoms with van der Waals surface area (Å²) in [6, 6.07) is 22.8. The topological polar surface area (TPSA) is 0 Å². The lowest BCUT2D eigenvalue weighted by Crippen LogP contribution is -2.38. The molecule has 0 aliphatic carbocycles. The van der Waals surface area contributed by atoms with Crippen molar-refractivity contribution in [3.63, 3.8) is 0 Å². The van der Waals surface area contributed by atoms with Crippen molar-refractivity contribution in [2.45, 2.75) is 165 Å². The predicted molar refractivity (Wildman–Crippen MR) is 221 cm³/mol. The molecule has 2 unspecified atom stereocenters. The quantitative estimate of drug-likeness (QED) is 0.0437. The van der Waals surface area contributed by atoms with E-state index in [1.807, 2.05) is 0 Å². The van der Waals surface area contributed by atoms with E-state index in [1.54, 1.807) is 0 Å². The Balaban J connectivity index is 2.08. The zero-order valence-corrected chi connectivity index (χ0v) is 32.7. The van der Waals surface area contributed by atoms with Gasteiger partial charge in [0.15, 0.2) is 0 Å². The van der Waals surface area contributed by atoms with Gasteiger partial charge in [0.25, 0.3) is 0 Å². The van der Waals surface area contributed by atoms with Crippen molar-refractivity contribution >= 4 is 50.5 Å². The van der Waals surface area contributed by atoms with Crippen LogP contribution in [0.3, 0.4) is 0 Å². The third-order valence-corrected chi connectivity index (χ3v) is 11.5. The molecule has 46 heavy (non-hydrogen) atoms. The second kappa shape index (κ2) is 28.7. The molecule has 0 saturated carbocycles. The van der Waals surface area contributed by atoms with Gasteiger partial charge < -0.3 is 0 Å². The highest BCUT2D eigenvalue weighted by atomic mass is 32.1. The first-order valence-corrected chi connectivity index (χ1v) is 21.3. The molecule has 0 aromatic heterocycles. The van der Waals surface area contributed by atoms with Crippen molar-refractivity contribution in [3.05, 3.63) is 82.8 Å². The summed E-state index contributed by atoms with van der Waals surface area (Å²) in [6.07, 6.45) is 31.2. The molecule has 0 aliphatic heterocycles. The van der Waals surface area contributed by atoms with E-state index < -0.39 is 0 Å². The Morgan fingerprint density at radius 1 is 0.543 bits per heavy atom. The molecule has 0 N–H and O–H groups in total. The normalized spacial score (nSPS) is 13.7. The van der Waals surface area contributed by atoms with Crippen LogP contribution in [-0.2, 0) is 5.41 Å². The summed E-state index contributed by atoms with van der Waals surface area (Å²) >= 11 is 18.8. The molecule has 0 aliphatic rings. The fourth-order valence-corrected chi connectivity index (χ4v) is 8.51. The molecule has 0 heterocycles. The molecule has 260 valence electrons. The summed E-state index contributed by atoms with van der Waals surface area (Å²) in [5.74, 6) is 4.51. The van der Waals surface area contributed by atoms with Crippen molar-refractivity contribution in [1.29, 1.82) is 0 Å². The maximum Gasteiger partial charge on any atom is 0.0385 e. The van der Waals surface area contributed by atoms with Crippen LogP contribution < -0.4 is 0 Å². The zero-order valence-electron chi connectivity index (χ0n) is 29.1. The van der Waals surface area contributed by atoms with Crippen LogP contribution in [0.25, 0.3) is 0 Å². The van der Waals surface area contributed by atoms with Gasteiger partial charge in [-0.25, -0.2) is 0 Å². The molecule has 2 atom stereocenters. The monoisotopic (exact) mass is 700 g/mol. The summed E-state index contributed by atoms with van der Waals surface area (Å²) in [4.78, 5) is 0. The van der Waals surface area contributed by atoms with Crippen LogP contribution in [0.1, 0.15) is 171 Å². The number of thiol groups is 4. The Bertz CT molecular complexity index is 920. The van der Waals surface area contributed by atoms with Gasteiger partial charge in [-0.2, -0.15) is 50.5 Å². The molecule has 0 amide bonds. The van der Waals surface area contributed by atoms with Crippen molar-refractivity contribution in [2.24, 2.45) is 0 Å². The van der Waals surface area contributed by atoms with Gasteiger partial charge in [0.1, 0.15) is 0 Å². The van der Waals surface area contributed by atoms with Crippen LogP contribution in [0.2, 0.25) is 0 Å². The van der Waals surface area contributed by atoms with E-state index in [4.69, 9.17) is 12.6 Å². The molecule has 0 saturated heterocycles. The Morgan fingerprint density at radius 3 is 1.41 bits per heavy atom. The smallest absolute Gasteiger partial charge is 0.0385 e. The lowest BCUT2D eigenvalue weighted by atomic mass is 9.60. The number of unbranched alkanes of at least 4 members (excludes halogenated alkanes) is 18. The van der Waals surface area contributed by atoms with Gasteiger partial charge >= 0.3 is 0 Å². The van der Waals surface area contributed by atoms with Crippen molar-refractivity contribution in [3.8, 4) is 0 Å². The lowest BCUT2D eigenvalue weighted by molar-refractivity contribution is 0.316. The van der Waals surface area contributed by atoms with Crippen LogP contribution in [0.5, 0.6) is 0 Å². The highest BCUT2D eigenvalue weighted by molar-refractivity contribution is 7.83. The van der Waals surface area contributed by atoms with Crippen LogP contribution in [0.4, 0.5) is 0 Å². The van der Waals surface area contributed by atoms with E-state index in [0.29, 0.717) is 5.92 Å². The standard InChI is InChI=1S/C42H68S4/c43-35-25-15-11-7-3-1-5-9-13-23-33-41(46)42(39-30-21-18-22-31-39,40(32-27-37-45)38-28-19-17-20-29-38)34-24-14-10-6-2-4-8-12-16-26-36-44/h17-22,28-31,37,40,43-46H,1-16,23-27,32-36H2. The van der Waals surface area contributed by atoms with Crippen LogP contribution in [0.15, 0.2) is 60.7 Å². The largest absolute Gasteiger partial charge is 0.179 e. The minimum absolute atomic E-state index is 0.0808. The first-order valence-electron chi connectivity index (χ1n) is 19.0. The summed E-state index contributed by atoms with van der Waals surface area (Å²) in [7, 11) is 0. The molecule has 2 aromatic carbocycles. The fourth-order valence-electron chi connectivity index (χ4n) is 7.36. The Hall–Kier alpha value is -0.160. The zero-order chi connectivity index (χ0) is 33.0. The van der Waals surface area contributed by atoms with Crippen molar-refractivity contribution in [1.82, 2.24) is 0 Å². The number of rotatable bonds is 31. The van der Waals surface area contributed by atoms with Gasteiger partial charge in [0, 0.05) is 16.4 Å². The van der Waals surface area contributed by atoms with Gasteiger partial charge in [-0.3, -0.25) is 0 Å². The maximum atomic E-state index is 5.52. The second-order valence-electron chi connectivity index (χ2n) is 13.5. The van der Waals surface area contributed by atoms with E-state index >= 15 is 0 Å². The molecular formula is C42H68S4. The molecule has 2 rings (SSSR count). The summed E-state index contributed by atoms with van der Waals surface area (Å²) in [5.41, 5.74) is 2.82. The minimum Gasteiger partial charge on any atom is -0.179 e. The Morgan fingerprint density at radius 2 is 0.957 bits per heavy atom. The Kier molecular flexibility index (Phi) is 26.2. The van der Waals surface area contributed by atoms with Crippen LogP contribution in [-0.4, -0.2) is 11.5 Å². The van der Waals surface area contributed by atoms with E-state index in [0.717, 1.165) is 30.8 Å². The van der Waals surface area contributed by atoms with E-state index in [2.05, 4.69) is 104 Å². The fraction of sp³-hybridized carbons (Fsp3) is 0.667.